The van der Waals surface area contributed by atoms with Crippen molar-refractivity contribution in [2.24, 2.45) is 4.99 Å². The predicted molar refractivity (Wildman–Crippen MR) is 62.5 cm³/mol. The molecule has 0 radical (unpaired) electrons. The van der Waals surface area contributed by atoms with Crippen LogP contribution in [0.3, 0.4) is 0 Å². The Hall–Kier alpha value is -1.31. The van der Waals surface area contributed by atoms with Gasteiger partial charge >= 0.3 is 0 Å². The number of aryl methyl sites for hydroxylation is 2. The molecule has 0 N–H and O–H groups in total. The van der Waals surface area contributed by atoms with Crippen LogP contribution in [0.1, 0.15) is 30.5 Å². The molecule has 2 rings (SSSR count). The van der Waals surface area contributed by atoms with Crippen molar-refractivity contribution in [3.05, 3.63) is 34.9 Å². The van der Waals surface area contributed by atoms with Crippen LogP contribution in [0.25, 0.3) is 0 Å². The summed E-state index contributed by atoms with van der Waals surface area (Å²) in [5.41, 5.74) is 3.51. The second-order valence-electron chi connectivity index (χ2n) is 4.84. The number of rotatable bonds is 1. The van der Waals surface area contributed by atoms with Gasteiger partial charge in [0.05, 0.1) is 5.54 Å². The lowest BCUT2D eigenvalue weighted by Gasteiger charge is -2.07. The molecule has 1 heterocycles. The van der Waals surface area contributed by atoms with Crippen LogP contribution < -0.4 is 0 Å². The zero-order chi connectivity index (χ0) is 11.1. The van der Waals surface area contributed by atoms with Gasteiger partial charge in [-0.1, -0.05) is 17.7 Å². The maximum Gasteiger partial charge on any atom is 0.217 e. The molecular weight excluding hydrogens is 186 g/mol. The molecule has 0 spiro atoms. The SMILES string of the molecule is Cc1ccc(C)c(C2=NC(C)(C)CO2)c1. The van der Waals surface area contributed by atoms with Gasteiger partial charge in [-0.2, -0.15) is 0 Å². The van der Waals surface area contributed by atoms with Gasteiger partial charge in [0.2, 0.25) is 5.90 Å². The maximum atomic E-state index is 5.64. The molecule has 0 amide bonds. The quantitative estimate of drug-likeness (QED) is 0.687. The first-order chi connectivity index (χ1) is 6.98. The van der Waals surface area contributed by atoms with Crippen LogP contribution in [0.5, 0.6) is 0 Å². The second-order valence-corrected chi connectivity index (χ2v) is 4.84. The average Bonchev–Trinajstić information content (AvgIpc) is 2.50. The third-order valence-corrected chi connectivity index (χ3v) is 2.59. The van der Waals surface area contributed by atoms with Gasteiger partial charge in [0.1, 0.15) is 6.61 Å². The molecular formula is C13H17NO. The predicted octanol–water partition coefficient (Wildman–Crippen LogP) is 2.86. The van der Waals surface area contributed by atoms with E-state index >= 15 is 0 Å². The molecule has 0 unspecified atom stereocenters. The number of nitrogens with zero attached hydrogens (tertiary/aromatic N) is 1. The molecule has 1 aromatic carbocycles. The van der Waals surface area contributed by atoms with Gasteiger partial charge in [-0.15, -0.1) is 0 Å². The van der Waals surface area contributed by atoms with Gasteiger partial charge in [0.25, 0.3) is 0 Å². The Kier molecular flexibility index (Phi) is 2.29. The van der Waals surface area contributed by atoms with E-state index in [0.717, 1.165) is 11.5 Å². The van der Waals surface area contributed by atoms with Gasteiger partial charge in [-0.25, -0.2) is 4.99 Å². The molecule has 0 fully saturated rings. The third-order valence-electron chi connectivity index (χ3n) is 2.59. The molecule has 0 saturated carbocycles. The number of hydrogen-bond acceptors (Lipinski definition) is 2. The fourth-order valence-corrected chi connectivity index (χ4v) is 1.69. The summed E-state index contributed by atoms with van der Waals surface area (Å²) in [4.78, 5) is 4.59. The highest BCUT2D eigenvalue weighted by atomic mass is 16.5. The highest BCUT2D eigenvalue weighted by molar-refractivity contribution is 5.97. The number of aliphatic imine (C=N–C) groups is 1. The first-order valence-corrected chi connectivity index (χ1v) is 5.28. The molecule has 0 aliphatic carbocycles. The molecule has 1 aliphatic rings. The lowest BCUT2D eigenvalue weighted by Crippen LogP contribution is -2.17. The minimum absolute atomic E-state index is 0.0779. The fourth-order valence-electron chi connectivity index (χ4n) is 1.69. The van der Waals surface area contributed by atoms with E-state index in [0.29, 0.717) is 6.61 Å². The van der Waals surface area contributed by atoms with E-state index in [9.17, 15) is 0 Å². The Morgan fingerprint density at radius 2 is 2.00 bits per heavy atom. The van der Waals surface area contributed by atoms with Crippen molar-refractivity contribution in [3.63, 3.8) is 0 Å². The Labute approximate surface area is 91.0 Å². The standard InChI is InChI=1S/C13H17NO/c1-9-5-6-10(2)11(7-9)12-14-13(3,4)8-15-12/h5-7H,8H2,1-4H3. The van der Waals surface area contributed by atoms with Crippen LogP contribution in [0, 0.1) is 13.8 Å². The fraction of sp³-hybridized carbons (Fsp3) is 0.462. The second kappa shape index (κ2) is 3.37. The average molecular weight is 203 g/mol. The zero-order valence-corrected chi connectivity index (χ0v) is 9.79. The van der Waals surface area contributed by atoms with E-state index in [4.69, 9.17) is 4.74 Å². The number of hydrogen-bond donors (Lipinski definition) is 0. The molecule has 1 aliphatic heterocycles. The smallest absolute Gasteiger partial charge is 0.217 e. The number of ether oxygens (including phenoxy) is 1. The summed E-state index contributed by atoms with van der Waals surface area (Å²) in [6.45, 7) is 9.03. The summed E-state index contributed by atoms with van der Waals surface area (Å²) >= 11 is 0. The lowest BCUT2D eigenvalue weighted by molar-refractivity contribution is 0.279. The van der Waals surface area contributed by atoms with Crippen molar-refractivity contribution in [1.29, 1.82) is 0 Å². The van der Waals surface area contributed by atoms with Crippen LogP contribution in [-0.4, -0.2) is 18.0 Å². The Morgan fingerprint density at radius 1 is 1.27 bits per heavy atom. The minimum Gasteiger partial charge on any atom is -0.475 e. The summed E-state index contributed by atoms with van der Waals surface area (Å²) in [5.74, 6) is 0.793. The van der Waals surface area contributed by atoms with E-state index in [1.54, 1.807) is 0 Å². The molecule has 0 aromatic heterocycles. The summed E-state index contributed by atoms with van der Waals surface area (Å²) in [5, 5.41) is 0. The topological polar surface area (TPSA) is 21.6 Å². The van der Waals surface area contributed by atoms with E-state index in [1.807, 2.05) is 0 Å². The van der Waals surface area contributed by atoms with Gasteiger partial charge in [-0.05, 0) is 39.3 Å². The Balaban J connectivity index is 2.43. The lowest BCUT2D eigenvalue weighted by atomic mass is 10.1. The zero-order valence-electron chi connectivity index (χ0n) is 9.79. The van der Waals surface area contributed by atoms with Crippen LogP contribution in [0.15, 0.2) is 23.2 Å². The van der Waals surface area contributed by atoms with E-state index < -0.39 is 0 Å². The number of benzene rings is 1. The van der Waals surface area contributed by atoms with Crippen molar-refractivity contribution in [2.45, 2.75) is 33.2 Å². The molecule has 2 nitrogen and oxygen atoms in total. The van der Waals surface area contributed by atoms with Crippen molar-refractivity contribution in [2.75, 3.05) is 6.61 Å². The van der Waals surface area contributed by atoms with E-state index in [1.165, 1.54) is 11.1 Å². The molecule has 1 aromatic rings. The summed E-state index contributed by atoms with van der Waals surface area (Å²) in [7, 11) is 0. The molecule has 2 heteroatoms. The van der Waals surface area contributed by atoms with Gasteiger partial charge in [0.15, 0.2) is 0 Å². The van der Waals surface area contributed by atoms with Crippen LogP contribution in [0.2, 0.25) is 0 Å². The molecule has 0 atom stereocenters. The van der Waals surface area contributed by atoms with Crippen molar-refractivity contribution in [3.8, 4) is 0 Å². The van der Waals surface area contributed by atoms with E-state index in [-0.39, 0.29) is 5.54 Å². The summed E-state index contributed by atoms with van der Waals surface area (Å²) in [6, 6.07) is 6.36. The normalized spacial score (nSPS) is 18.5. The molecule has 80 valence electrons. The van der Waals surface area contributed by atoms with E-state index in [2.05, 4.69) is 50.9 Å². The van der Waals surface area contributed by atoms with Crippen molar-refractivity contribution < 1.29 is 4.74 Å². The Morgan fingerprint density at radius 3 is 2.60 bits per heavy atom. The summed E-state index contributed by atoms with van der Waals surface area (Å²) in [6.07, 6.45) is 0. The largest absolute Gasteiger partial charge is 0.475 e. The highest BCUT2D eigenvalue weighted by Crippen LogP contribution is 2.22. The van der Waals surface area contributed by atoms with Gasteiger partial charge < -0.3 is 4.74 Å². The summed E-state index contributed by atoms with van der Waals surface area (Å²) < 4.78 is 5.64. The van der Waals surface area contributed by atoms with Crippen LogP contribution >= 0.6 is 0 Å². The first kappa shape index (κ1) is 10.2. The first-order valence-electron chi connectivity index (χ1n) is 5.28. The molecule has 15 heavy (non-hydrogen) atoms. The monoisotopic (exact) mass is 203 g/mol. The third kappa shape index (κ3) is 2.04. The van der Waals surface area contributed by atoms with Crippen LogP contribution in [-0.2, 0) is 4.74 Å². The minimum atomic E-state index is -0.0779. The Bertz CT molecular complexity index is 419. The molecule has 0 saturated heterocycles. The van der Waals surface area contributed by atoms with Gasteiger partial charge in [0, 0.05) is 5.56 Å². The van der Waals surface area contributed by atoms with Crippen LogP contribution in [0.4, 0.5) is 0 Å². The van der Waals surface area contributed by atoms with Crippen molar-refractivity contribution in [1.82, 2.24) is 0 Å². The van der Waals surface area contributed by atoms with Gasteiger partial charge in [-0.3, -0.25) is 0 Å². The molecule has 0 bridgehead atoms. The highest BCUT2D eigenvalue weighted by Gasteiger charge is 2.27. The maximum absolute atomic E-state index is 5.64. The van der Waals surface area contributed by atoms with Crippen molar-refractivity contribution >= 4 is 5.90 Å².